The average molecular weight is 224 g/mol. The van der Waals surface area contributed by atoms with Crippen LogP contribution in [0.3, 0.4) is 0 Å². The highest BCUT2D eigenvalue weighted by Crippen LogP contribution is 2.10. The van der Waals surface area contributed by atoms with Crippen molar-refractivity contribution >= 4 is 5.97 Å². The van der Waals surface area contributed by atoms with Crippen LogP contribution in [0.4, 0.5) is 4.39 Å². The Morgan fingerprint density at radius 2 is 2.12 bits per heavy atom. The summed E-state index contributed by atoms with van der Waals surface area (Å²) in [5.74, 6) is -0.794. The molecule has 0 aliphatic heterocycles. The van der Waals surface area contributed by atoms with E-state index in [0.717, 1.165) is 12.8 Å². The molecule has 0 aliphatic rings. The second-order valence-electron chi connectivity index (χ2n) is 3.97. The summed E-state index contributed by atoms with van der Waals surface area (Å²) in [7, 11) is 0. The first-order valence-electron chi connectivity index (χ1n) is 5.56. The first-order chi connectivity index (χ1) is 7.65. The SMILES string of the molecule is CCCC(C)COC(=O)c1ccccc1F. The van der Waals surface area contributed by atoms with Gasteiger partial charge in [0.15, 0.2) is 0 Å². The minimum atomic E-state index is -0.582. The van der Waals surface area contributed by atoms with Crippen LogP contribution in [0.25, 0.3) is 0 Å². The molecule has 0 heterocycles. The zero-order valence-corrected chi connectivity index (χ0v) is 9.70. The fourth-order valence-corrected chi connectivity index (χ4v) is 1.50. The lowest BCUT2D eigenvalue weighted by Crippen LogP contribution is -2.13. The number of ether oxygens (including phenoxy) is 1. The predicted molar refractivity (Wildman–Crippen MR) is 60.8 cm³/mol. The fourth-order valence-electron chi connectivity index (χ4n) is 1.50. The molecule has 1 unspecified atom stereocenters. The molecule has 3 heteroatoms. The molecule has 0 amide bonds. The van der Waals surface area contributed by atoms with Crippen LogP contribution in [0.15, 0.2) is 24.3 Å². The van der Waals surface area contributed by atoms with Gasteiger partial charge in [-0.15, -0.1) is 0 Å². The van der Waals surface area contributed by atoms with Gasteiger partial charge >= 0.3 is 5.97 Å². The van der Waals surface area contributed by atoms with Crippen molar-refractivity contribution in [2.45, 2.75) is 26.7 Å². The fraction of sp³-hybridized carbons (Fsp3) is 0.462. The van der Waals surface area contributed by atoms with Crippen LogP contribution < -0.4 is 0 Å². The molecule has 88 valence electrons. The Morgan fingerprint density at radius 1 is 1.44 bits per heavy atom. The van der Waals surface area contributed by atoms with Gasteiger partial charge in [-0.25, -0.2) is 9.18 Å². The minimum Gasteiger partial charge on any atom is -0.462 e. The van der Waals surface area contributed by atoms with Crippen molar-refractivity contribution < 1.29 is 13.9 Å². The molecular weight excluding hydrogens is 207 g/mol. The third kappa shape index (κ3) is 3.65. The van der Waals surface area contributed by atoms with E-state index in [1.807, 2.05) is 6.92 Å². The zero-order valence-electron chi connectivity index (χ0n) is 9.70. The van der Waals surface area contributed by atoms with Crippen LogP contribution in [-0.2, 0) is 4.74 Å². The second kappa shape index (κ2) is 6.26. The third-order valence-electron chi connectivity index (χ3n) is 2.37. The molecule has 1 atom stereocenters. The molecule has 1 rings (SSSR count). The zero-order chi connectivity index (χ0) is 12.0. The van der Waals surface area contributed by atoms with Crippen molar-refractivity contribution in [3.8, 4) is 0 Å². The van der Waals surface area contributed by atoms with E-state index in [2.05, 4.69) is 6.92 Å². The number of hydrogen-bond acceptors (Lipinski definition) is 2. The van der Waals surface area contributed by atoms with Gasteiger partial charge in [0, 0.05) is 0 Å². The molecule has 0 spiro atoms. The van der Waals surface area contributed by atoms with Gasteiger partial charge in [0.25, 0.3) is 0 Å². The number of carbonyl (C=O) groups excluding carboxylic acids is 1. The molecule has 0 saturated heterocycles. The van der Waals surface area contributed by atoms with Crippen molar-refractivity contribution in [1.29, 1.82) is 0 Å². The maximum Gasteiger partial charge on any atom is 0.341 e. The first kappa shape index (κ1) is 12.7. The van der Waals surface area contributed by atoms with E-state index in [1.54, 1.807) is 12.1 Å². The van der Waals surface area contributed by atoms with Gasteiger partial charge in [-0.2, -0.15) is 0 Å². The second-order valence-corrected chi connectivity index (χ2v) is 3.97. The molecule has 1 aromatic carbocycles. The van der Waals surface area contributed by atoms with Crippen molar-refractivity contribution in [2.24, 2.45) is 5.92 Å². The molecule has 0 bridgehead atoms. The van der Waals surface area contributed by atoms with E-state index < -0.39 is 11.8 Å². The molecular formula is C13H17FO2. The summed E-state index contributed by atoms with van der Waals surface area (Å²) in [6.45, 7) is 4.44. The summed E-state index contributed by atoms with van der Waals surface area (Å²) in [6, 6.07) is 5.86. The van der Waals surface area contributed by atoms with Gasteiger partial charge < -0.3 is 4.74 Å². The van der Waals surface area contributed by atoms with Crippen molar-refractivity contribution in [1.82, 2.24) is 0 Å². The monoisotopic (exact) mass is 224 g/mol. The van der Waals surface area contributed by atoms with E-state index in [9.17, 15) is 9.18 Å². The maximum absolute atomic E-state index is 13.2. The summed E-state index contributed by atoms with van der Waals surface area (Å²) in [6.07, 6.45) is 2.06. The Bertz CT molecular complexity index is 350. The van der Waals surface area contributed by atoms with E-state index in [0.29, 0.717) is 12.5 Å². The van der Waals surface area contributed by atoms with Crippen LogP contribution >= 0.6 is 0 Å². The maximum atomic E-state index is 13.2. The van der Waals surface area contributed by atoms with Crippen LogP contribution in [0.5, 0.6) is 0 Å². The van der Waals surface area contributed by atoms with Gasteiger partial charge in [0.2, 0.25) is 0 Å². The van der Waals surface area contributed by atoms with Crippen LogP contribution in [0, 0.1) is 11.7 Å². The summed E-state index contributed by atoms with van der Waals surface area (Å²) < 4.78 is 18.3. The lowest BCUT2D eigenvalue weighted by Gasteiger charge is -2.10. The standard InChI is InChI=1S/C13H17FO2/c1-3-6-10(2)9-16-13(15)11-7-4-5-8-12(11)14/h4-5,7-8,10H,3,6,9H2,1-2H3. The Balaban J connectivity index is 2.50. The highest BCUT2D eigenvalue weighted by molar-refractivity contribution is 5.89. The van der Waals surface area contributed by atoms with E-state index in [-0.39, 0.29) is 5.56 Å². The summed E-state index contributed by atoms with van der Waals surface area (Å²) in [5.41, 5.74) is 0.00574. The quantitative estimate of drug-likeness (QED) is 0.716. The molecule has 0 radical (unpaired) electrons. The predicted octanol–water partition coefficient (Wildman–Crippen LogP) is 3.42. The normalized spacial score (nSPS) is 12.2. The molecule has 0 fully saturated rings. The van der Waals surface area contributed by atoms with Gasteiger partial charge in [-0.3, -0.25) is 0 Å². The number of benzene rings is 1. The number of halogens is 1. The van der Waals surface area contributed by atoms with Gasteiger partial charge in [-0.05, 0) is 24.5 Å². The van der Waals surface area contributed by atoms with E-state index >= 15 is 0 Å². The van der Waals surface area contributed by atoms with Gasteiger partial charge in [-0.1, -0.05) is 32.4 Å². The van der Waals surface area contributed by atoms with Gasteiger partial charge in [0.1, 0.15) is 5.82 Å². The largest absolute Gasteiger partial charge is 0.462 e. The number of carbonyl (C=O) groups is 1. The molecule has 0 aliphatic carbocycles. The van der Waals surface area contributed by atoms with Crippen molar-refractivity contribution in [3.05, 3.63) is 35.6 Å². The smallest absolute Gasteiger partial charge is 0.341 e. The summed E-state index contributed by atoms with van der Waals surface area (Å²) >= 11 is 0. The van der Waals surface area contributed by atoms with Crippen molar-refractivity contribution in [2.75, 3.05) is 6.61 Å². The highest BCUT2D eigenvalue weighted by Gasteiger charge is 2.13. The van der Waals surface area contributed by atoms with Crippen LogP contribution in [0.2, 0.25) is 0 Å². The number of hydrogen-bond donors (Lipinski definition) is 0. The van der Waals surface area contributed by atoms with E-state index in [4.69, 9.17) is 4.74 Å². The average Bonchev–Trinajstić information content (AvgIpc) is 2.27. The lowest BCUT2D eigenvalue weighted by molar-refractivity contribution is 0.0438. The Kier molecular flexibility index (Phi) is 4.96. The topological polar surface area (TPSA) is 26.3 Å². The summed E-state index contributed by atoms with van der Waals surface area (Å²) in [5, 5.41) is 0. The highest BCUT2D eigenvalue weighted by atomic mass is 19.1. The van der Waals surface area contributed by atoms with Gasteiger partial charge in [0.05, 0.1) is 12.2 Å². The summed E-state index contributed by atoms with van der Waals surface area (Å²) in [4.78, 5) is 11.5. The third-order valence-corrected chi connectivity index (χ3v) is 2.37. The molecule has 1 aromatic rings. The number of rotatable bonds is 5. The molecule has 0 aromatic heterocycles. The Morgan fingerprint density at radius 3 is 2.75 bits per heavy atom. The Hall–Kier alpha value is -1.38. The molecule has 0 N–H and O–H groups in total. The molecule has 2 nitrogen and oxygen atoms in total. The first-order valence-corrected chi connectivity index (χ1v) is 5.56. The number of esters is 1. The Labute approximate surface area is 95.4 Å². The lowest BCUT2D eigenvalue weighted by atomic mass is 10.1. The van der Waals surface area contributed by atoms with Crippen molar-refractivity contribution in [3.63, 3.8) is 0 Å². The molecule has 0 saturated carbocycles. The van der Waals surface area contributed by atoms with Crippen LogP contribution in [0.1, 0.15) is 37.0 Å². The minimum absolute atomic E-state index is 0.00574. The molecule has 16 heavy (non-hydrogen) atoms. The van der Waals surface area contributed by atoms with E-state index in [1.165, 1.54) is 12.1 Å². The van der Waals surface area contributed by atoms with Crippen LogP contribution in [-0.4, -0.2) is 12.6 Å².